The van der Waals surface area contributed by atoms with Gasteiger partial charge in [0, 0.05) is 18.8 Å². The molecule has 0 saturated carbocycles. The molecule has 0 aliphatic heterocycles. The standard InChI is InChI=1S/C20H19FN2O2S/c21-18-10-6-16(7-11-18)17-8-12-20(13-9-17)26(24,25)23-15-14-22-19-4-2-1-3-5-19/h1-13,22-23H,14-15H2. The zero-order valence-corrected chi connectivity index (χ0v) is 14.8. The van der Waals surface area contributed by atoms with Gasteiger partial charge in [-0.2, -0.15) is 0 Å². The Bertz CT molecular complexity index is 941. The molecule has 0 unspecified atom stereocenters. The van der Waals surface area contributed by atoms with Gasteiger partial charge in [0.2, 0.25) is 10.0 Å². The van der Waals surface area contributed by atoms with Crippen LogP contribution in [0.15, 0.2) is 83.8 Å². The molecule has 134 valence electrons. The second-order valence-corrected chi connectivity index (χ2v) is 7.49. The minimum absolute atomic E-state index is 0.197. The van der Waals surface area contributed by atoms with Gasteiger partial charge >= 0.3 is 0 Å². The number of hydrogen-bond acceptors (Lipinski definition) is 3. The third-order valence-corrected chi connectivity index (χ3v) is 5.34. The van der Waals surface area contributed by atoms with E-state index in [1.54, 1.807) is 36.4 Å². The monoisotopic (exact) mass is 370 g/mol. The Morgan fingerprint density at radius 3 is 1.92 bits per heavy atom. The van der Waals surface area contributed by atoms with Crippen LogP contribution in [0, 0.1) is 5.82 Å². The van der Waals surface area contributed by atoms with Crippen molar-refractivity contribution in [1.29, 1.82) is 0 Å². The fraction of sp³-hybridized carbons (Fsp3) is 0.100. The van der Waals surface area contributed by atoms with Gasteiger partial charge in [0.15, 0.2) is 0 Å². The Morgan fingerprint density at radius 1 is 0.731 bits per heavy atom. The topological polar surface area (TPSA) is 58.2 Å². The van der Waals surface area contributed by atoms with Crippen molar-refractivity contribution in [2.24, 2.45) is 0 Å². The summed E-state index contributed by atoms with van der Waals surface area (Å²) < 4.78 is 40.3. The lowest BCUT2D eigenvalue weighted by molar-refractivity contribution is 0.583. The molecule has 0 aliphatic rings. The van der Waals surface area contributed by atoms with Gasteiger partial charge in [-0.3, -0.25) is 0 Å². The first kappa shape index (κ1) is 18.1. The molecule has 0 aliphatic carbocycles. The van der Waals surface area contributed by atoms with Crippen molar-refractivity contribution in [2.45, 2.75) is 4.90 Å². The highest BCUT2D eigenvalue weighted by Gasteiger charge is 2.13. The number of sulfonamides is 1. The summed E-state index contributed by atoms with van der Waals surface area (Å²) in [5.41, 5.74) is 2.60. The first-order valence-corrected chi connectivity index (χ1v) is 9.67. The molecule has 0 bridgehead atoms. The number of nitrogens with one attached hydrogen (secondary N) is 2. The molecule has 3 rings (SSSR count). The molecular formula is C20H19FN2O2S. The number of halogens is 1. The third-order valence-electron chi connectivity index (χ3n) is 3.86. The van der Waals surface area contributed by atoms with Crippen molar-refractivity contribution in [3.05, 3.63) is 84.7 Å². The van der Waals surface area contributed by atoms with E-state index in [-0.39, 0.29) is 17.3 Å². The molecular weight excluding hydrogens is 351 g/mol. The number of anilines is 1. The van der Waals surface area contributed by atoms with Crippen LogP contribution < -0.4 is 10.0 Å². The summed E-state index contributed by atoms with van der Waals surface area (Å²) in [5.74, 6) is -0.304. The zero-order valence-electron chi connectivity index (χ0n) is 14.0. The van der Waals surface area contributed by atoms with Crippen molar-refractivity contribution in [3.8, 4) is 11.1 Å². The Kier molecular flexibility index (Phi) is 5.65. The molecule has 2 N–H and O–H groups in total. The summed E-state index contributed by atoms with van der Waals surface area (Å²) in [7, 11) is -3.57. The van der Waals surface area contributed by atoms with Gasteiger partial charge in [0.25, 0.3) is 0 Å². The average Bonchev–Trinajstić information content (AvgIpc) is 2.67. The third kappa shape index (κ3) is 4.68. The lowest BCUT2D eigenvalue weighted by Gasteiger charge is -2.09. The van der Waals surface area contributed by atoms with Gasteiger partial charge in [-0.05, 0) is 47.5 Å². The molecule has 3 aromatic carbocycles. The van der Waals surface area contributed by atoms with Crippen LogP contribution in [0.4, 0.5) is 10.1 Å². The van der Waals surface area contributed by atoms with Crippen LogP contribution in [0.25, 0.3) is 11.1 Å². The van der Waals surface area contributed by atoms with Crippen molar-refractivity contribution in [2.75, 3.05) is 18.4 Å². The number of hydrogen-bond donors (Lipinski definition) is 2. The summed E-state index contributed by atoms with van der Waals surface area (Å²) in [6.45, 7) is 0.758. The smallest absolute Gasteiger partial charge is 0.240 e. The molecule has 4 nitrogen and oxygen atoms in total. The Balaban J connectivity index is 1.59. The Hall–Kier alpha value is -2.70. The van der Waals surface area contributed by atoms with Gasteiger partial charge in [-0.1, -0.05) is 42.5 Å². The Labute approximate surface area is 152 Å². The van der Waals surface area contributed by atoms with Crippen LogP contribution in [0.2, 0.25) is 0 Å². The molecule has 0 heterocycles. The maximum atomic E-state index is 13.0. The lowest BCUT2D eigenvalue weighted by Crippen LogP contribution is -2.28. The first-order valence-electron chi connectivity index (χ1n) is 8.19. The van der Waals surface area contributed by atoms with E-state index in [4.69, 9.17) is 0 Å². The van der Waals surface area contributed by atoms with E-state index in [0.717, 1.165) is 16.8 Å². The van der Waals surface area contributed by atoms with E-state index < -0.39 is 10.0 Å². The van der Waals surface area contributed by atoms with E-state index >= 15 is 0 Å². The highest BCUT2D eigenvalue weighted by atomic mass is 32.2. The summed E-state index contributed by atoms with van der Waals surface area (Å²) in [4.78, 5) is 0.197. The van der Waals surface area contributed by atoms with Crippen LogP contribution in [0.3, 0.4) is 0 Å². The fourth-order valence-corrected chi connectivity index (χ4v) is 3.53. The highest BCUT2D eigenvalue weighted by Crippen LogP contribution is 2.21. The van der Waals surface area contributed by atoms with Crippen molar-refractivity contribution < 1.29 is 12.8 Å². The molecule has 0 amide bonds. The quantitative estimate of drug-likeness (QED) is 0.621. The molecule has 0 aromatic heterocycles. The maximum absolute atomic E-state index is 13.0. The maximum Gasteiger partial charge on any atom is 0.240 e. The van der Waals surface area contributed by atoms with Crippen LogP contribution in [0.1, 0.15) is 0 Å². The van der Waals surface area contributed by atoms with Gasteiger partial charge in [-0.15, -0.1) is 0 Å². The van der Waals surface area contributed by atoms with E-state index in [0.29, 0.717) is 6.54 Å². The number of para-hydroxylation sites is 1. The largest absolute Gasteiger partial charge is 0.384 e. The summed E-state index contributed by atoms with van der Waals surface area (Å²) in [6, 6.07) is 22.2. The normalized spacial score (nSPS) is 11.3. The van der Waals surface area contributed by atoms with E-state index in [1.165, 1.54) is 12.1 Å². The molecule has 26 heavy (non-hydrogen) atoms. The summed E-state index contributed by atoms with van der Waals surface area (Å²) >= 11 is 0. The molecule has 0 saturated heterocycles. The van der Waals surface area contributed by atoms with Crippen LogP contribution in [-0.4, -0.2) is 21.5 Å². The molecule has 0 radical (unpaired) electrons. The average molecular weight is 370 g/mol. The van der Waals surface area contributed by atoms with Crippen LogP contribution in [0.5, 0.6) is 0 Å². The lowest BCUT2D eigenvalue weighted by atomic mass is 10.1. The van der Waals surface area contributed by atoms with E-state index in [2.05, 4.69) is 10.0 Å². The van der Waals surface area contributed by atoms with Crippen LogP contribution in [-0.2, 0) is 10.0 Å². The predicted octanol–water partition coefficient (Wildman–Crippen LogP) is 3.88. The van der Waals surface area contributed by atoms with Crippen molar-refractivity contribution in [1.82, 2.24) is 4.72 Å². The van der Waals surface area contributed by atoms with Crippen LogP contribution >= 0.6 is 0 Å². The fourth-order valence-electron chi connectivity index (χ4n) is 2.50. The van der Waals surface area contributed by atoms with E-state index in [1.807, 2.05) is 30.3 Å². The second kappa shape index (κ2) is 8.12. The van der Waals surface area contributed by atoms with Gasteiger partial charge in [0.05, 0.1) is 4.90 Å². The highest BCUT2D eigenvalue weighted by molar-refractivity contribution is 7.89. The predicted molar refractivity (Wildman–Crippen MR) is 102 cm³/mol. The molecule has 0 fully saturated rings. The van der Waals surface area contributed by atoms with Crippen molar-refractivity contribution in [3.63, 3.8) is 0 Å². The summed E-state index contributed by atoms with van der Waals surface area (Å²) in [5, 5.41) is 3.15. The van der Waals surface area contributed by atoms with Gasteiger partial charge in [0.1, 0.15) is 5.82 Å². The number of benzene rings is 3. The SMILES string of the molecule is O=S(=O)(NCCNc1ccccc1)c1ccc(-c2ccc(F)cc2)cc1. The minimum atomic E-state index is -3.57. The number of rotatable bonds is 7. The molecule has 0 spiro atoms. The molecule has 0 atom stereocenters. The minimum Gasteiger partial charge on any atom is -0.384 e. The molecule has 3 aromatic rings. The Morgan fingerprint density at radius 2 is 1.31 bits per heavy atom. The van der Waals surface area contributed by atoms with Gasteiger partial charge in [-0.25, -0.2) is 17.5 Å². The summed E-state index contributed by atoms with van der Waals surface area (Å²) in [6.07, 6.45) is 0. The first-order chi connectivity index (χ1) is 12.5. The van der Waals surface area contributed by atoms with Crippen molar-refractivity contribution >= 4 is 15.7 Å². The van der Waals surface area contributed by atoms with Gasteiger partial charge < -0.3 is 5.32 Å². The second-order valence-electron chi connectivity index (χ2n) is 5.72. The zero-order chi connectivity index (χ0) is 18.4. The molecule has 6 heteroatoms. The van der Waals surface area contributed by atoms with E-state index in [9.17, 15) is 12.8 Å².